The van der Waals surface area contributed by atoms with Crippen molar-refractivity contribution in [3.63, 3.8) is 0 Å². The lowest BCUT2D eigenvalue weighted by molar-refractivity contribution is -0.160. The average Bonchev–Trinajstić information content (AvgIpc) is 2.85. The van der Waals surface area contributed by atoms with E-state index in [0.29, 0.717) is 39.4 Å². The van der Waals surface area contributed by atoms with E-state index >= 15 is 0 Å². The van der Waals surface area contributed by atoms with Crippen LogP contribution in [-0.2, 0) is 14.3 Å². The summed E-state index contributed by atoms with van der Waals surface area (Å²) in [4.78, 5) is 24.8. The molecule has 206 valence electrons. The number of aliphatic hydroxyl groups excluding tert-OH is 1. The normalized spacial score (nSPS) is 13.8. The number of carboxylic acid groups (broad SMARTS) is 1. The predicted octanol–water partition coefficient (Wildman–Crippen LogP) is 5.89. The molecule has 1 aliphatic rings. The van der Waals surface area contributed by atoms with Gasteiger partial charge in [0.1, 0.15) is 12.5 Å². The van der Waals surface area contributed by atoms with Crippen LogP contribution in [0.5, 0.6) is 5.75 Å². The third-order valence-electron chi connectivity index (χ3n) is 6.96. The third-order valence-corrected chi connectivity index (χ3v) is 6.96. The molecule has 0 bridgehead atoms. The summed E-state index contributed by atoms with van der Waals surface area (Å²) in [6, 6.07) is 11.6. The molecule has 4 rings (SSSR count). The highest BCUT2D eigenvalue weighted by molar-refractivity contribution is 5.98. The third kappa shape index (κ3) is 5.62. The van der Waals surface area contributed by atoms with E-state index in [1.807, 2.05) is 66.7 Å². The monoisotopic (exact) mass is 532 g/mol. The Balaban J connectivity index is 2.12. The van der Waals surface area contributed by atoms with E-state index in [0.717, 1.165) is 27.8 Å². The number of rotatable bonds is 7. The van der Waals surface area contributed by atoms with Gasteiger partial charge in [0.05, 0.1) is 11.3 Å². The second-order valence-corrected chi connectivity index (χ2v) is 10.9. The van der Waals surface area contributed by atoms with Crippen molar-refractivity contribution in [2.45, 2.75) is 60.2 Å². The maximum atomic E-state index is 12.7. The van der Waals surface area contributed by atoms with Crippen LogP contribution in [-0.4, -0.2) is 41.0 Å². The first-order valence-electron chi connectivity index (χ1n) is 12.9. The summed E-state index contributed by atoms with van der Waals surface area (Å²) < 4.78 is 11.7. The van der Waals surface area contributed by atoms with Crippen LogP contribution in [0.1, 0.15) is 54.7 Å². The minimum Gasteiger partial charge on any atom is -0.482 e. The van der Waals surface area contributed by atoms with Crippen molar-refractivity contribution < 1.29 is 29.3 Å². The van der Waals surface area contributed by atoms with E-state index in [2.05, 4.69) is 16.7 Å². The molecule has 3 aromatic rings. The molecule has 0 saturated carbocycles. The number of aliphatic hydroxyl groups is 1. The molecule has 0 aliphatic carbocycles. The standard InChI is InChI=1S/C31H36N2O6/c1-16-8-9-20(12-17(16)2)26-18(3)25(21-10-11-23-22(13-21)33-24(35)14-38-23)27(19(4)28(26)32-15-34)29(30(36)37)39-31(5,6)7/h8-13,29,32,34H,14-15H2,1-7H3,(H,33,35)(H,36,37). The maximum absolute atomic E-state index is 12.7. The molecule has 39 heavy (non-hydrogen) atoms. The van der Waals surface area contributed by atoms with E-state index in [1.165, 1.54) is 0 Å². The van der Waals surface area contributed by atoms with Gasteiger partial charge in [-0.15, -0.1) is 0 Å². The van der Waals surface area contributed by atoms with Crippen molar-refractivity contribution in [3.05, 3.63) is 64.2 Å². The zero-order valence-electron chi connectivity index (χ0n) is 23.5. The molecule has 1 unspecified atom stereocenters. The second-order valence-electron chi connectivity index (χ2n) is 10.9. The van der Waals surface area contributed by atoms with Gasteiger partial charge in [0, 0.05) is 16.8 Å². The number of anilines is 2. The molecule has 1 atom stereocenters. The Morgan fingerprint density at radius 3 is 2.31 bits per heavy atom. The molecule has 0 radical (unpaired) electrons. The number of amides is 1. The van der Waals surface area contributed by atoms with Gasteiger partial charge < -0.3 is 30.3 Å². The van der Waals surface area contributed by atoms with Crippen LogP contribution in [0.15, 0.2) is 36.4 Å². The molecule has 1 amide bonds. The number of hydrogen-bond donors (Lipinski definition) is 4. The van der Waals surface area contributed by atoms with Gasteiger partial charge in [-0.25, -0.2) is 4.79 Å². The second kappa shape index (κ2) is 10.7. The first kappa shape index (κ1) is 28.1. The minimum atomic E-state index is -1.30. The molecule has 1 heterocycles. The summed E-state index contributed by atoms with van der Waals surface area (Å²) in [6.07, 6.45) is -1.30. The zero-order chi connectivity index (χ0) is 28.6. The van der Waals surface area contributed by atoms with E-state index in [-0.39, 0.29) is 19.2 Å². The fraction of sp³-hybridized carbons (Fsp3) is 0.355. The summed E-state index contributed by atoms with van der Waals surface area (Å²) >= 11 is 0. The van der Waals surface area contributed by atoms with Crippen LogP contribution in [0.25, 0.3) is 22.3 Å². The molecule has 0 fully saturated rings. The summed E-state index contributed by atoms with van der Waals surface area (Å²) in [5.41, 5.74) is 7.75. The number of nitrogens with one attached hydrogen (secondary N) is 2. The molecular formula is C31H36N2O6. The number of benzene rings is 3. The maximum Gasteiger partial charge on any atom is 0.337 e. The molecule has 0 saturated heterocycles. The van der Waals surface area contributed by atoms with Gasteiger partial charge in [0.2, 0.25) is 0 Å². The van der Waals surface area contributed by atoms with Gasteiger partial charge in [0.25, 0.3) is 5.91 Å². The van der Waals surface area contributed by atoms with Gasteiger partial charge >= 0.3 is 5.97 Å². The molecule has 1 aliphatic heterocycles. The van der Waals surface area contributed by atoms with Crippen LogP contribution < -0.4 is 15.4 Å². The topological polar surface area (TPSA) is 117 Å². The van der Waals surface area contributed by atoms with Crippen molar-refractivity contribution in [2.75, 3.05) is 24.0 Å². The van der Waals surface area contributed by atoms with Gasteiger partial charge in [-0.05, 0) is 99.5 Å². The number of carbonyl (C=O) groups is 2. The Morgan fingerprint density at radius 2 is 1.69 bits per heavy atom. The first-order chi connectivity index (χ1) is 18.3. The highest BCUT2D eigenvalue weighted by atomic mass is 16.5. The van der Waals surface area contributed by atoms with Crippen molar-refractivity contribution in [1.82, 2.24) is 0 Å². The van der Waals surface area contributed by atoms with E-state index in [9.17, 15) is 19.8 Å². The largest absolute Gasteiger partial charge is 0.482 e. The summed E-state index contributed by atoms with van der Waals surface area (Å²) in [5.74, 6) is -0.842. The minimum absolute atomic E-state index is 0.0608. The van der Waals surface area contributed by atoms with E-state index < -0.39 is 17.7 Å². The molecule has 3 aromatic carbocycles. The lowest BCUT2D eigenvalue weighted by Crippen LogP contribution is -2.29. The summed E-state index contributed by atoms with van der Waals surface area (Å²) in [5, 5.41) is 26.3. The quantitative estimate of drug-likeness (QED) is 0.280. The fourth-order valence-corrected chi connectivity index (χ4v) is 5.11. The fourth-order valence-electron chi connectivity index (χ4n) is 5.11. The molecule has 8 heteroatoms. The molecular weight excluding hydrogens is 496 g/mol. The molecule has 0 spiro atoms. The van der Waals surface area contributed by atoms with Crippen molar-refractivity contribution >= 4 is 23.3 Å². The van der Waals surface area contributed by atoms with Gasteiger partial charge in [-0.1, -0.05) is 24.3 Å². The first-order valence-corrected chi connectivity index (χ1v) is 12.9. The van der Waals surface area contributed by atoms with Gasteiger partial charge in [0.15, 0.2) is 12.7 Å². The molecule has 8 nitrogen and oxygen atoms in total. The lowest BCUT2D eigenvalue weighted by atomic mass is 9.82. The SMILES string of the molecule is Cc1ccc(-c2c(C)c(-c3ccc4c(c3)NC(=O)CO4)c(C(OC(C)(C)C)C(=O)O)c(C)c2NCO)cc1C. The predicted molar refractivity (Wildman–Crippen MR) is 152 cm³/mol. The average molecular weight is 533 g/mol. The van der Waals surface area contributed by atoms with E-state index in [4.69, 9.17) is 9.47 Å². The Labute approximate surface area is 229 Å². The van der Waals surface area contributed by atoms with Crippen LogP contribution in [0.3, 0.4) is 0 Å². The van der Waals surface area contributed by atoms with Crippen molar-refractivity contribution in [2.24, 2.45) is 0 Å². The van der Waals surface area contributed by atoms with Crippen LogP contribution in [0.4, 0.5) is 11.4 Å². The number of fused-ring (bicyclic) bond motifs is 1. The number of carboxylic acids is 1. The number of ether oxygens (including phenoxy) is 2. The zero-order valence-corrected chi connectivity index (χ0v) is 23.5. The molecule has 0 aromatic heterocycles. The van der Waals surface area contributed by atoms with Gasteiger partial charge in [-0.2, -0.15) is 0 Å². The Hall–Kier alpha value is -3.88. The highest BCUT2D eigenvalue weighted by Crippen LogP contribution is 2.48. The number of aryl methyl sites for hydroxylation is 2. The van der Waals surface area contributed by atoms with Crippen LogP contribution in [0, 0.1) is 27.7 Å². The van der Waals surface area contributed by atoms with Crippen molar-refractivity contribution in [3.8, 4) is 28.0 Å². The lowest BCUT2D eigenvalue weighted by Gasteiger charge is -2.31. The number of hydrogen-bond acceptors (Lipinski definition) is 6. The Kier molecular flexibility index (Phi) is 7.73. The summed E-state index contributed by atoms with van der Waals surface area (Å²) in [6.45, 7) is 12.9. The summed E-state index contributed by atoms with van der Waals surface area (Å²) in [7, 11) is 0. The molecule has 4 N–H and O–H groups in total. The Bertz CT molecular complexity index is 1450. The number of aliphatic carboxylic acids is 1. The van der Waals surface area contributed by atoms with Crippen molar-refractivity contribution in [1.29, 1.82) is 0 Å². The van der Waals surface area contributed by atoms with E-state index in [1.54, 1.807) is 12.1 Å². The van der Waals surface area contributed by atoms with Crippen LogP contribution in [0.2, 0.25) is 0 Å². The smallest absolute Gasteiger partial charge is 0.337 e. The van der Waals surface area contributed by atoms with Gasteiger partial charge in [-0.3, -0.25) is 4.79 Å². The number of carbonyl (C=O) groups excluding carboxylic acids is 1. The Morgan fingerprint density at radius 1 is 1.03 bits per heavy atom. The highest BCUT2D eigenvalue weighted by Gasteiger charge is 2.34. The van der Waals surface area contributed by atoms with Crippen LogP contribution >= 0.6 is 0 Å².